The van der Waals surface area contributed by atoms with Crippen LogP contribution in [0.15, 0.2) is 30.5 Å². The van der Waals surface area contributed by atoms with Crippen LogP contribution in [-0.4, -0.2) is 48.1 Å². The maximum atomic E-state index is 14.0. The fraction of sp³-hybridized carbons (Fsp3) is 0.435. The molecule has 1 N–H and O–H groups in total. The van der Waals surface area contributed by atoms with E-state index < -0.39 is 41.3 Å². The van der Waals surface area contributed by atoms with Gasteiger partial charge in [0.05, 0.1) is 6.20 Å². The summed E-state index contributed by atoms with van der Waals surface area (Å²) in [6, 6.07) is 3.99. The molecule has 1 spiro atoms. The van der Waals surface area contributed by atoms with E-state index in [0.29, 0.717) is 24.0 Å². The Balaban J connectivity index is 1.60. The van der Waals surface area contributed by atoms with Crippen LogP contribution in [-0.2, 0) is 10.3 Å². The molecule has 7 nitrogen and oxygen atoms in total. The molecule has 0 bridgehead atoms. The number of urea groups is 1. The Bertz CT molecular complexity index is 1110. The Morgan fingerprint density at radius 2 is 1.68 bits per heavy atom. The van der Waals surface area contributed by atoms with E-state index >= 15 is 0 Å². The third-order valence-electron chi connectivity index (χ3n) is 6.81. The average molecular weight is 480 g/mol. The molecule has 4 rings (SSSR count). The van der Waals surface area contributed by atoms with E-state index in [0.717, 1.165) is 17.2 Å². The molecule has 0 atom stereocenters. The largest absolute Gasteiger partial charge is 0.433 e. The first-order valence-corrected chi connectivity index (χ1v) is 10.7. The first kappa shape index (κ1) is 23.9. The first-order chi connectivity index (χ1) is 16.0. The molecule has 11 heteroatoms. The second kappa shape index (κ2) is 8.53. The van der Waals surface area contributed by atoms with Crippen LogP contribution < -0.4 is 15.0 Å². The molecule has 1 saturated carbocycles. The highest BCUT2D eigenvalue weighted by atomic mass is 19.3. The van der Waals surface area contributed by atoms with Crippen LogP contribution in [0.3, 0.4) is 0 Å². The third-order valence-corrected chi connectivity index (χ3v) is 6.81. The van der Waals surface area contributed by atoms with Crippen LogP contribution in [0.2, 0.25) is 0 Å². The summed E-state index contributed by atoms with van der Waals surface area (Å²) in [5.41, 5.74) is -1.15. The molecule has 0 radical (unpaired) electrons. The van der Waals surface area contributed by atoms with Crippen molar-refractivity contribution in [3.8, 4) is 5.75 Å². The minimum atomic E-state index is -3.03. The van der Waals surface area contributed by atoms with Gasteiger partial charge in [0.15, 0.2) is 0 Å². The van der Waals surface area contributed by atoms with Crippen molar-refractivity contribution in [3.05, 3.63) is 53.2 Å². The number of ether oxygens (including phenoxy) is 1. The zero-order chi connectivity index (χ0) is 24.8. The lowest BCUT2D eigenvalue weighted by Gasteiger charge is -2.48. The van der Waals surface area contributed by atoms with Gasteiger partial charge in [0.1, 0.15) is 28.7 Å². The third kappa shape index (κ3) is 3.97. The summed E-state index contributed by atoms with van der Waals surface area (Å²) < 4.78 is 57.2. The Morgan fingerprint density at radius 1 is 1.06 bits per heavy atom. The highest BCUT2D eigenvalue weighted by Gasteiger charge is 2.56. The normalized spacial score (nSPS) is 24.9. The minimum absolute atomic E-state index is 0.0256. The Hall–Kier alpha value is -3.21. The number of carbonyl (C=O) groups excluding carboxylic acids is 2. The van der Waals surface area contributed by atoms with Crippen LogP contribution in [0.25, 0.3) is 0 Å². The number of rotatable bonds is 5. The van der Waals surface area contributed by atoms with Gasteiger partial charge in [-0.1, -0.05) is 0 Å². The molecule has 2 heterocycles. The van der Waals surface area contributed by atoms with Crippen molar-refractivity contribution >= 4 is 17.8 Å². The van der Waals surface area contributed by atoms with E-state index in [4.69, 9.17) is 0 Å². The number of hydrogen-bond acceptors (Lipinski definition) is 5. The van der Waals surface area contributed by atoms with Gasteiger partial charge in [0.2, 0.25) is 0 Å². The van der Waals surface area contributed by atoms with Crippen LogP contribution in [0.5, 0.6) is 5.75 Å². The number of pyridine rings is 1. The second-order valence-electron chi connectivity index (χ2n) is 8.93. The molecule has 1 saturated heterocycles. The van der Waals surface area contributed by atoms with Crippen molar-refractivity contribution < 1.29 is 31.9 Å². The van der Waals surface area contributed by atoms with Gasteiger partial charge < -0.3 is 10.1 Å². The van der Waals surface area contributed by atoms with E-state index in [1.807, 2.05) is 4.90 Å². The van der Waals surface area contributed by atoms with E-state index in [9.17, 15) is 27.2 Å². The average Bonchev–Trinajstić information content (AvgIpc) is 2.97. The number of imide groups is 1. The van der Waals surface area contributed by atoms with Gasteiger partial charge in [-0.25, -0.2) is 23.5 Å². The summed E-state index contributed by atoms with van der Waals surface area (Å²) >= 11 is 0. The monoisotopic (exact) mass is 480 g/mol. The van der Waals surface area contributed by atoms with Gasteiger partial charge in [-0.2, -0.15) is 8.78 Å². The predicted molar refractivity (Wildman–Crippen MR) is 115 cm³/mol. The maximum absolute atomic E-state index is 14.0. The van der Waals surface area contributed by atoms with Crippen LogP contribution in [0.4, 0.5) is 28.2 Å². The van der Waals surface area contributed by atoms with Gasteiger partial charge in [-0.05, 0) is 76.0 Å². The summed E-state index contributed by atoms with van der Waals surface area (Å²) in [5, 5.41) is 2.77. The topological polar surface area (TPSA) is 74.8 Å². The fourth-order valence-electron chi connectivity index (χ4n) is 5.00. The number of carbonyl (C=O) groups is 2. The number of alkyl halides is 2. The molecule has 1 aromatic heterocycles. The van der Waals surface area contributed by atoms with Crippen molar-refractivity contribution in [2.24, 2.45) is 0 Å². The molecule has 2 aromatic rings. The molecule has 182 valence electrons. The lowest BCUT2D eigenvalue weighted by molar-refractivity contribution is -0.124. The Morgan fingerprint density at radius 3 is 2.21 bits per heavy atom. The van der Waals surface area contributed by atoms with Crippen molar-refractivity contribution in [3.63, 3.8) is 0 Å². The lowest BCUT2D eigenvalue weighted by atomic mass is 9.68. The predicted octanol–water partition coefficient (Wildman–Crippen LogP) is 4.10. The molecular formula is C23H24F4N4O3. The summed E-state index contributed by atoms with van der Waals surface area (Å²) in [5.74, 6) is -2.04. The molecule has 1 aliphatic carbocycles. The van der Waals surface area contributed by atoms with Crippen molar-refractivity contribution in [2.45, 2.75) is 50.3 Å². The second-order valence-corrected chi connectivity index (χ2v) is 8.93. The zero-order valence-corrected chi connectivity index (χ0v) is 18.9. The van der Waals surface area contributed by atoms with Crippen molar-refractivity contribution in [1.82, 2.24) is 15.2 Å². The standard InChI is InChI=1S/C23H24F4N4O3/c1-13-8-17(34-20(26)27)12-28-18(13)31-19(32)22(29-21(31)33)4-6-23(7-5-22,30(2)3)14-9-15(24)11-16(25)10-14/h8-12,20H,4-7H2,1-3H3,(H,29,33). The van der Waals surface area contributed by atoms with E-state index in [-0.39, 0.29) is 24.4 Å². The van der Waals surface area contributed by atoms with Gasteiger partial charge in [0, 0.05) is 11.6 Å². The van der Waals surface area contributed by atoms with Crippen molar-refractivity contribution in [2.75, 3.05) is 19.0 Å². The molecule has 3 amide bonds. The number of amides is 3. The van der Waals surface area contributed by atoms with E-state index in [1.54, 1.807) is 14.1 Å². The maximum Gasteiger partial charge on any atom is 0.387 e. The van der Waals surface area contributed by atoms with Crippen LogP contribution >= 0.6 is 0 Å². The number of nitrogens with one attached hydrogen (secondary N) is 1. The zero-order valence-electron chi connectivity index (χ0n) is 18.9. The van der Waals surface area contributed by atoms with Gasteiger partial charge in [-0.3, -0.25) is 9.69 Å². The summed E-state index contributed by atoms with van der Waals surface area (Å²) in [7, 11) is 3.61. The number of aromatic nitrogens is 1. The molecule has 0 unspecified atom stereocenters. The van der Waals surface area contributed by atoms with Crippen LogP contribution in [0, 0.1) is 18.6 Å². The minimum Gasteiger partial charge on any atom is -0.433 e. The SMILES string of the molecule is Cc1cc(OC(F)F)cnc1N1C(=O)NC2(CCC(c3cc(F)cc(F)c3)(N(C)C)CC2)C1=O. The van der Waals surface area contributed by atoms with Gasteiger partial charge in [-0.15, -0.1) is 0 Å². The molecule has 1 aliphatic heterocycles. The lowest BCUT2D eigenvalue weighted by Crippen LogP contribution is -2.55. The fourth-order valence-corrected chi connectivity index (χ4v) is 5.00. The summed E-state index contributed by atoms with van der Waals surface area (Å²) in [4.78, 5) is 33.1. The number of nitrogens with zero attached hydrogens (tertiary/aromatic N) is 3. The van der Waals surface area contributed by atoms with Crippen LogP contribution in [0.1, 0.15) is 36.8 Å². The smallest absolute Gasteiger partial charge is 0.387 e. The van der Waals surface area contributed by atoms with E-state index in [2.05, 4.69) is 15.0 Å². The van der Waals surface area contributed by atoms with Gasteiger partial charge >= 0.3 is 12.6 Å². The Kier molecular flexibility index (Phi) is 6.01. The van der Waals surface area contributed by atoms with Gasteiger partial charge in [0.25, 0.3) is 5.91 Å². The molecule has 1 aromatic carbocycles. The summed E-state index contributed by atoms with van der Waals surface area (Å²) in [6.07, 6.45) is 2.20. The number of anilines is 1. The number of benzene rings is 1. The number of aryl methyl sites for hydroxylation is 1. The first-order valence-electron chi connectivity index (χ1n) is 10.7. The molecular weight excluding hydrogens is 456 g/mol. The number of halogens is 4. The number of hydrogen-bond donors (Lipinski definition) is 1. The highest BCUT2D eigenvalue weighted by Crippen LogP contribution is 2.47. The molecule has 34 heavy (non-hydrogen) atoms. The Labute approximate surface area is 193 Å². The van der Waals surface area contributed by atoms with E-state index in [1.165, 1.54) is 25.1 Å². The highest BCUT2D eigenvalue weighted by molar-refractivity contribution is 6.23. The molecule has 2 fully saturated rings. The quantitative estimate of drug-likeness (QED) is 0.515. The van der Waals surface area contributed by atoms with Crippen molar-refractivity contribution in [1.29, 1.82) is 0 Å². The summed E-state index contributed by atoms with van der Waals surface area (Å²) in [6.45, 7) is -1.50. The molecule has 2 aliphatic rings.